The van der Waals surface area contributed by atoms with Crippen molar-refractivity contribution in [1.82, 2.24) is 15.5 Å². The molecule has 10 heteroatoms. The molecule has 2 aromatic heterocycles. The van der Waals surface area contributed by atoms with Crippen LogP contribution in [-0.4, -0.2) is 34.7 Å². The summed E-state index contributed by atoms with van der Waals surface area (Å²) in [5, 5.41) is 10.6. The number of nitrogen functional groups attached to an aromatic ring is 1. The van der Waals surface area contributed by atoms with Gasteiger partial charge < -0.3 is 20.4 Å². The summed E-state index contributed by atoms with van der Waals surface area (Å²) in [6.45, 7) is 5.99. The number of aliphatic imine (C=N–C) groups is 1. The molecular formula is C20H21ClN6O2S. The van der Waals surface area contributed by atoms with Crippen LogP contribution in [0.5, 0.6) is 0 Å². The predicted octanol–water partition coefficient (Wildman–Crippen LogP) is 4.05. The average molecular weight is 445 g/mol. The number of carbonyl (C=O) groups excluding carboxylic acids is 1. The van der Waals surface area contributed by atoms with Crippen molar-refractivity contribution in [2.75, 3.05) is 23.1 Å². The second-order valence-electron chi connectivity index (χ2n) is 6.06. The molecule has 0 aliphatic carbocycles. The monoisotopic (exact) mass is 444 g/mol. The van der Waals surface area contributed by atoms with E-state index in [0.29, 0.717) is 28.1 Å². The summed E-state index contributed by atoms with van der Waals surface area (Å²) in [5.74, 6) is 1.24. The standard InChI is InChI=1S/C20H21ClN6O2S/c1-3-4-6-14(13(2)21)15-11-23-8-9-27(15)19-17(18(22)25-26-19)30-12-24-20(28)16-7-5-10-29-16/h3-8,10-11H,1,9,12H2,2H3,(H,24,28)(H3,22,25,26)/b6-4-,14-13-. The third kappa shape index (κ3) is 4.87. The Labute approximate surface area is 183 Å². The Morgan fingerprint density at radius 2 is 2.40 bits per heavy atom. The van der Waals surface area contributed by atoms with Gasteiger partial charge in [0.05, 0.1) is 35.5 Å². The molecule has 3 heterocycles. The fourth-order valence-electron chi connectivity index (χ4n) is 2.71. The van der Waals surface area contributed by atoms with Gasteiger partial charge in [-0.2, -0.15) is 5.10 Å². The number of hydrogen-bond donors (Lipinski definition) is 3. The van der Waals surface area contributed by atoms with Crippen LogP contribution in [0.1, 0.15) is 17.5 Å². The number of amides is 1. The lowest BCUT2D eigenvalue weighted by Gasteiger charge is -2.27. The molecule has 0 aromatic carbocycles. The Morgan fingerprint density at radius 1 is 1.57 bits per heavy atom. The van der Waals surface area contributed by atoms with Gasteiger partial charge in [0.15, 0.2) is 11.6 Å². The van der Waals surface area contributed by atoms with Gasteiger partial charge >= 0.3 is 0 Å². The maximum Gasteiger partial charge on any atom is 0.287 e. The fourth-order valence-corrected chi connectivity index (χ4v) is 3.70. The lowest BCUT2D eigenvalue weighted by atomic mass is 10.1. The van der Waals surface area contributed by atoms with Crippen LogP contribution in [-0.2, 0) is 0 Å². The number of nitrogens with one attached hydrogen (secondary N) is 2. The number of H-pyrrole nitrogens is 1. The van der Waals surface area contributed by atoms with E-state index in [1.807, 2.05) is 11.0 Å². The van der Waals surface area contributed by atoms with Gasteiger partial charge in [-0.1, -0.05) is 48.2 Å². The molecule has 2 aromatic rings. The van der Waals surface area contributed by atoms with Gasteiger partial charge in [-0.05, 0) is 19.1 Å². The summed E-state index contributed by atoms with van der Waals surface area (Å²) >= 11 is 7.69. The number of carbonyl (C=O) groups is 1. The minimum Gasteiger partial charge on any atom is -0.459 e. The van der Waals surface area contributed by atoms with Crippen LogP contribution in [0.2, 0.25) is 0 Å². The highest BCUT2D eigenvalue weighted by molar-refractivity contribution is 7.99. The number of halogens is 1. The number of rotatable bonds is 8. The first kappa shape index (κ1) is 21.5. The van der Waals surface area contributed by atoms with E-state index in [1.54, 1.807) is 43.6 Å². The summed E-state index contributed by atoms with van der Waals surface area (Å²) in [4.78, 5) is 19.0. The second-order valence-corrected chi connectivity index (χ2v) is 7.61. The lowest BCUT2D eigenvalue weighted by Crippen LogP contribution is -2.29. The third-order valence-electron chi connectivity index (χ3n) is 4.08. The average Bonchev–Trinajstić information content (AvgIpc) is 3.39. The molecule has 0 fully saturated rings. The van der Waals surface area contributed by atoms with Crippen molar-refractivity contribution >= 4 is 47.1 Å². The number of allylic oxidation sites excluding steroid dienone is 4. The number of hydrogen-bond acceptors (Lipinski definition) is 7. The Hall–Kier alpha value is -3.17. The predicted molar refractivity (Wildman–Crippen MR) is 122 cm³/mol. The lowest BCUT2D eigenvalue weighted by molar-refractivity contribution is 0.0933. The molecule has 4 N–H and O–H groups in total. The summed E-state index contributed by atoms with van der Waals surface area (Å²) in [5.41, 5.74) is 7.67. The van der Waals surface area contributed by atoms with Gasteiger partial charge in [0, 0.05) is 16.8 Å². The smallest absolute Gasteiger partial charge is 0.287 e. The van der Waals surface area contributed by atoms with Gasteiger partial charge in [-0.3, -0.25) is 14.9 Å². The van der Waals surface area contributed by atoms with E-state index >= 15 is 0 Å². The van der Waals surface area contributed by atoms with E-state index in [0.717, 1.165) is 11.3 Å². The van der Waals surface area contributed by atoms with Gasteiger partial charge in [0.1, 0.15) is 5.82 Å². The quantitative estimate of drug-likeness (QED) is 0.321. The number of nitrogens with zero attached hydrogens (tertiary/aromatic N) is 3. The van der Waals surface area contributed by atoms with E-state index in [-0.39, 0.29) is 17.5 Å². The molecule has 30 heavy (non-hydrogen) atoms. The molecule has 0 radical (unpaired) electrons. The summed E-state index contributed by atoms with van der Waals surface area (Å²) in [6.07, 6.45) is 10.3. The Bertz CT molecular complexity index is 1030. The third-order valence-corrected chi connectivity index (χ3v) is 5.27. The SMILES string of the molecule is C=C/C=C\C(C1=CN=CCN1c1n[nH]c(N)c1SCNC(=O)c1ccco1)=C(/C)Cl. The highest BCUT2D eigenvalue weighted by Crippen LogP contribution is 2.37. The molecule has 0 saturated heterocycles. The molecule has 0 unspecified atom stereocenters. The second kappa shape index (κ2) is 10.0. The van der Waals surface area contributed by atoms with E-state index in [2.05, 4.69) is 27.1 Å². The number of nitrogens with two attached hydrogens (primary N) is 1. The van der Waals surface area contributed by atoms with Gasteiger partial charge in [-0.25, -0.2) is 0 Å². The number of aromatic nitrogens is 2. The molecule has 0 spiro atoms. The molecular weight excluding hydrogens is 424 g/mol. The zero-order chi connectivity index (χ0) is 21.5. The first-order valence-corrected chi connectivity index (χ1v) is 10.3. The Balaban J connectivity index is 1.81. The molecule has 1 amide bonds. The number of anilines is 2. The molecule has 8 nitrogen and oxygen atoms in total. The van der Waals surface area contributed by atoms with Crippen LogP contribution in [0.15, 0.2) is 80.0 Å². The van der Waals surface area contributed by atoms with Crippen LogP contribution < -0.4 is 16.0 Å². The Kier molecular flexibility index (Phi) is 7.21. The minimum absolute atomic E-state index is 0.245. The zero-order valence-corrected chi connectivity index (χ0v) is 17.8. The van der Waals surface area contributed by atoms with Gasteiger partial charge in [-0.15, -0.1) is 0 Å². The normalized spacial score (nSPS) is 14.6. The largest absolute Gasteiger partial charge is 0.459 e. The maximum absolute atomic E-state index is 12.1. The zero-order valence-electron chi connectivity index (χ0n) is 16.3. The van der Waals surface area contributed by atoms with Crippen LogP contribution in [0.4, 0.5) is 11.6 Å². The van der Waals surface area contributed by atoms with Crippen molar-refractivity contribution in [1.29, 1.82) is 0 Å². The number of aromatic amines is 1. The summed E-state index contributed by atoms with van der Waals surface area (Å²) < 4.78 is 5.09. The van der Waals surface area contributed by atoms with E-state index in [4.69, 9.17) is 21.8 Å². The first-order valence-electron chi connectivity index (χ1n) is 8.96. The number of furan rings is 1. The molecule has 0 atom stereocenters. The van der Waals surface area contributed by atoms with Crippen molar-refractivity contribution in [3.05, 3.63) is 71.5 Å². The molecule has 156 valence electrons. The van der Waals surface area contributed by atoms with Crippen LogP contribution in [0, 0.1) is 0 Å². The molecule has 3 rings (SSSR count). The molecule has 1 aliphatic heterocycles. The van der Waals surface area contributed by atoms with Crippen molar-refractivity contribution in [2.24, 2.45) is 4.99 Å². The maximum atomic E-state index is 12.1. The first-order chi connectivity index (χ1) is 14.5. The molecule has 0 bridgehead atoms. The van der Waals surface area contributed by atoms with Crippen molar-refractivity contribution in [3.63, 3.8) is 0 Å². The van der Waals surface area contributed by atoms with Crippen LogP contribution in [0.3, 0.4) is 0 Å². The van der Waals surface area contributed by atoms with Gasteiger partial charge in [0.2, 0.25) is 0 Å². The topological polar surface area (TPSA) is 113 Å². The van der Waals surface area contributed by atoms with Gasteiger partial charge in [0.25, 0.3) is 5.91 Å². The van der Waals surface area contributed by atoms with Crippen LogP contribution >= 0.6 is 23.4 Å². The minimum atomic E-state index is -0.306. The van der Waals surface area contributed by atoms with E-state index < -0.39 is 0 Å². The summed E-state index contributed by atoms with van der Waals surface area (Å²) in [6, 6.07) is 3.26. The van der Waals surface area contributed by atoms with Crippen LogP contribution in [0.25, 0.3) is 0 Å². The van der Waals surface area contributed by atoms with Crippen molar-refractivity contribution in [3.8, 4) is 0 Å². The fraction of sp³-hybridized carbons (Fsp3) is 0.150. The van der Waals surface area contributed by atoms with E-state index in [1.165, 1.54) is 18.0 Å². The van der Waals surface area contributed by atoms with E-state index in [9.17, 15) is 4.79 Å². The van der Waals surface area contributed by atoms with Crippen molar-refractivity contribution in [2.45, 2.75) is 11.8 Å². The highest BCUT2D eigenvalue weighted by atomic mass is 35.5. The van der Waals surface area contributed by atoms with Crippen molar-refractivity contribution < 1.29 is 9.21 Å². The molecule has 1 aliphatic rings. The highest BCUT2D eigenvalue weighted by Gasteiger charge is 2.24. The summed E-state index contributed by atoms with van der Waals surface area (Å²) in [7, 11) is 0. The Morgan fingerprint density at radius 3 is 3.10 bits per heavy atom. The molecule has 0 saturated carbocycles. The number of thioether (sulfide) groups is 1.